The normalized spacial score (nSPS) is 21.1. The number of benzene rings is 1. The van der Waals surface area contributed by atoms with Crippen LogP contribution in [0.1, 0.15) is 34.1 Å². The van der Waals surface area contributed by atoms with Crippen LogP contribution in [0.25, 0.3) is 5.69 Å². The van der Waals surface area contributed by atoms with E-state index in [0.717, 1.165) is 36.0 Å². The zero-order valence-electron chi connectivity index (χ0n) is 18.2. The molecule has 2 aliphatic carbocycles. The van der Waals surface area contributed by atoms with Crippen LogP contribution >= 0.6 is 0 Å². The molecule has 170 valence electrons. The van der Waals surface area contributed by atoms with E-state index < -0.39 is 11.6 Å². The molecule has 6 rings (SSSR count). The van der Waals surface area contributed by atoms with Crippen LogP contribution in [0.2, 0.25) is 0 Å². The number of carbonyl (C=O) groups is 1. The maximum absolute atomic E-state index is 14.6. The van der Waals surface area contributed by atoms with Gasteiger partial charge in [0.15, 0.2) is 23.1 Å². The van der Waals surface area contributed by atoms with Gasteiger partial charge in [0.05, 0.1) is 12.8 Å². The Labute approximate surface area is 189 Å². The van der Waals surface area contributed by atoms with Crippen LogP contribution in [0.15, 0.2) is 36.5 Å². The van der Waals surface area contributed by atoms with Gasteiger partial charge in [0.1, 0.15) is 11.5 Å². The summed E-state index contributed by atoms with van der Waals surface area (Å²) in [6.07, 6.45) is 3.54. The highest BCUT2D eigenvalue weighted by Crippen LogP contribution is 2.57. The Bertz CT molecular complexity index is 1250. The first-order valence-corrected chi connectivity index (χ1v) is 11.2. The zero-order valence-corrected chi connectivity index (χ0v) is 18.2. The van der Waals surface area contributed by atoms with E-state index >= 15 is 0 Å². The van der Waals surface area contributed by atoms with E-state index in [-0.39, 0.29) is 11.6 Å². The second kappa shape index (κ2) is 7.54. The monoisotopic (exact) mass is 451 g/mol. The molecule has 3 aromatic rings. The number of rotatable bonds is 4. The smallest absolute Gasteiger partial charge is 0.274 e. The Kier molecular flexibility index (Phi) is 4.60. The first kappa shape index (κ1) is 20.1. The predicted octanol–water partition coefficient (Wildman–Crippen LogP) is 3.18. The fourth-order valence-corrected chi connectivity index (χ4v) is 5.17. The Morgan fingerprint density at radius 1 is 1.15 bits per heavy atom. The third kappa shape index (κ3) is 3.25. The molecule has 0 unspecified atom stereocenters. The molecule has 3 aliphatic rings. The molecule has 1 aromatic carbocycles. The third-order valence-electron chi connectivity index (χ3n) is 6.94. The van der Waals surface area contributed by atoms with Gasteiger partial charge in [0.25, 0.3) is 5.91 Å². The largest absolute Gasteiger partial charge is 0.493 e. The highest BCUT2D eigenvalue weighted by Gasteiger charge is 2.50. The lowest BCUT2D eigenvalue weighted by atomic mass is 10.1. The number of ether oxygens (including phenoxy) is 1. The van der Waals surface area contributed by atoms with E-state index in [0.29, 0.717) is 49.5 Å². The molecule has 3 heterocycles. The van der Waals surface area contributed by atoms with Crippen LogP contribution in [0, 0.1) is 17.6 Å². The predicted molar refractivity (Wildman–Crippen MR) is 117 cm³/mol. The van der Waals surface area contributed by atoms with Gasteiger partial charge >= 0.3 is 0 Å². The minimum absolute atomic E-state index is 0.138. The maximum atomic E-state index is 14.6. The van der Waals surface area contributed by atoms with E-state index in [1.165, 1.54) is 16.8 Å². The lowest BCUT2D eigenvalue weighted by molar-refractivity contribution is 0.0739. The first-order valence-electron chi connectivity index (χ1n) is 11.2. The van der Waals surface area contributed by atoms with Crippen LogP contribution in [0.3, 0.4) is 0 Å². The summed E-state index contributed by atoms with van der Waals surface area (Å²) >= 11 is 0. The molecule has 2 fully saturated rings. The zero-order chi connectivity index (χ0) is 22.7. The second-order valence-corrected chi connectivity index (χ2v) is 8.83. The number of hydrogen-bond donors (Lipinski definition) is 0. The van der Waals surface area contributed by atoms with Crippen LogP contribution in [0.4, 0.5) is 14.6 Å². The molecular weight excluding hydrogens is 428 g/mol. The molecule has 1 saturated heterocycles. The molecule has 1 saturated carbocycles. The van der Waals surface area contributed by atoms with Gasteiger partial charge < -0.3 is 14.5 Å². The minimum atomic E-state index is -0.679. The number of piperazine rings is 1. The number of nitrogens with zero attached hydrogens (tertiary/aromatic N) is 5. The fraction of sp³-hybridized carbons (Fsp3) is 0.375. The van der Waals surface area contributed by atoms with Crippen molar-refractivity contribution in [1.82, 2.24) is 19.7 Å². The van der Waals surface area contributed by atoms with Gasteiger partial charge in [-0.2, -0.15) is 5.10 Å². The van der Waals surface area contributed by atoms with Crippen molar-refractivity contribution in [2.45, 2.75) is 18.8 Å². The number of hydrogen-bond acceptors (Lipinski definition) is 5. The number of fused-ring (bicyclic) bond motifs is 3. The number of methoxy groups -OCH3 is 1. The van der Waals surface area contributed by atoms with Gasteiger partial charge in [-0.05, 0) is 43.0 Å². The fourth-order valence-electron chi connectivity index (χ4n) is 5.17. The van der Waals surface area contributed by atoms with Crippen molar-refractivity contribution in [2.24, 2.45) is 5.92 Å². The molecular formula is C24H23F2N5O2. The number of carbonyl (C=O) groups excluding carboxylic acids is 1. The van der Waals surface area contributed by atoms with Crippen molar-refractivity contribution >= 4 is 11.7 Å². The standard InChI is InChI=1S/C24H23F2N5O2/c1-33-20-3-2-6-27-23(20)29-7-9-30(10-8-29)24(32)21-17-12-14-11-16(14)22(17)31(28-21)19-5-4-15(25)13-18(19)26/h2-6,13-14,16H,7-12H2,1H3/t14-,16-/m1/s1. The van der Waals surface area contributed by atoms with Crippen LogP contribution in [0.5, 0.6) is 5.75 Å². The molecule has 7 nitrogen and oxygen atoms in total. The quantitative estimate of drug-likeness (QED) is 0.610. The number of aromatic nitrogens is 3. The molecule has 9 heteroatoms. The number of halogens is 2. The summed E-state index contributed by atoms with van der Waals surface area (Å²) in [7, 11) is 1.62. The molecule has 0 spiro atoms. The molecule has 1 amide bonds. The summed E-state index contributed by atoms with van der Waals surface area (Å²) in [6, 6.07) is 7.16. The Hall–Kier alpha value is -3.49. The molecule has 1 aliphatic heterocycles. The average molecular weight is 451 g/mol. The molecule has 0 N–H and O–H groups in total. The third-order valence-corrected chi connectivity index (χ3v) is 6.94. The first-order chi connectivity index (χ1) is 16.0. The van der Waals surface area contributed by atoms with Crippen LogP contribution in [-0.2, 0) is 6.42 Å². The van der Waals surface area contributed by atoms with Gasteiger partial charge in [0, 0.05) is 49.9 Å². The highest BCUT2D eigenvalue weighted by molar-refractivity contribution is 5.94. The van der Waals surface area contributed by atoms with E-state index in [9.17, 15) is 13.6 Å². The number of anilines is 1. The summed E-state index contributed by atoms with van der Waals surface area (Å²) in [5.41, 5.74) is 2.40. The van der Waals surface area contributed by atoms with Crippen molar-refractivity contribution in [3.05, 3.63) is 65.1 Å². The molecule has 0 bridgehead atoms. The summed E-state index contributed by atoms with van der Waals surface area (Å²) in [5, 5.41) is 4.57. The number of amides is 1. The minimum Gasteiger partial charge on any atom is -0.493 e. The summed E-state index contributed by atoms with van der Waals surface area (Å²) in [5.74, 6) is 0.809. The van der Waals surface area contributed by atoms with Crippen LogP contribution in [-0.4, -0.2) is 58.9 Å². The van der Waals surface area contributed by atoms with Crippen molar-refractivity contribution in [1.29, 1.82) is 0 Å². The van der Waals surface area contributed by atoms with Gasteiger partial charge in [0.2, 0.25) is 0 Å². The van der Waals surface area contributed by atoms with Crippen molar-refractivity contribution < 1.29 is 18.3 Å². The Morgan fingerprint density at radius 2 is 1.97 bits per heavy atom. The maximum Gasteiger partial charge on any atom is 0.274 e. The topological polar surface area (TPSA) is 63.5 Å². The average Bonchev–Trinajstić information content (AvgIpc) is 3.34. The van der Waals surface area contributed by atoms with Crippen molar-refractivity contribution in [3.63, 3.8) is 0 Å². The SMILES string of the molecule is COc1cccnc1N1CCN(C(=O)c2nn(-c3ccc(F)cc3F)c3c2C[C@H]2C[C@@H]32)CC1. The van der Waals surface area contributed by atoms with Crippen molar-refractivity contribution in [3.8, 4) is 11.4 Å². The van der Waals surface area contributed by atoms with E-state index in [4.69, 9.17) is 4.74 Å². The second-order valence-electron chi connectivity index (χ2n) is 8.83. The lowest BCUT2D eigenvalue weighted by Gasteiger charge is -2.35. The number of pyridine rings is 1. The Morgan fingerprint density at radius 3 is 2.73 bits per heavy atom. The Balaban J connectivity index is 1.27. The molecule has 0 radical (unpaired) electrons. The highest BCUT2D eigenvalue weighted by atomic mass is 19.1. The molecule has 2 aromatic heterocycles. The van der Waals surface area contributed by atoms with E-state index in [2.05, 4.69) is 15.0 Å². The van der Waals surface area contributed by atoms with Gasteiger partial charge in [-0.3, -0.25) is 4.79 Å². The molecule has 2 atom stereocenters. The van der Waals surface area contributed by atoms with Gasteiger partial charge in [-0.25, -0.2) is 18.4 Å². The van der Waals surface area contributed by atoms with Gasteiger partial charge in [-0.15, -0.1) is 0 Å². The van der Waals surface area contributed by atoms with Crippen molar-refractivity contribution in [2.75, 3.05) is 38.2 Å². The summed E-state index contributed by atoms with van der Waals surface area (Å²) < 4.78 is 35.0. The molecule has 33 heavy (non-hydrogen) atoms. The summed E-state index contributed by atoms with van der Waals surface area (Å²) in [4.78, 5) is 21.8. The summed E-state index contributed by atoms with van der Waals surface area (Å²) in [6.45, 7) is 2.30. The lowest BCUT2D eigenvalue weighted by Crippen LogP contribution is -2.49. The van der Waals surface area contributed by atoms with Gasteiger partial charge in [-0.1, -0.05) is 0 Å². The van der Waals surface area contributed by atoms with Crippen LogP contribution < -0.4 is 9.64 Å². The van der Waals surface area contributed by atoms with E-state index in [1.54, 1.807) is 18.2 Å². The van der Waals surface area contributed by atoms with E-state index in [1.807, 2.05) is 12.1 Å².